The molecule has 0 amide bonds. The SMILES string of the molecule is CNCCCN(C)CCON. The summed E-state index contributed by atoms with van der Waals surface area (Å²) in [4.78, 5) is 6.66. The van der Waals surface area contributed by atoms with E-state index in [1.165, 1.54) is 0 Å². The summed E-state index contributed by atoms with van der Waals surface area (Å²) in [6, 6.07) is 0. The van der Waals surface area contributed by atoms with E-state index in [1.807, 2.05) is 7.05 Å². The number of nitrogens with two attached hydrogens (primary N) is 1. The van der Waals surface area contributed by atoms with Gasteiger partial charge in [0.2, 0.25) is 0 Å². The van der Waals surface area contributed by atoms with Gasteiger partial charge in [0.15, 0.2) is 0 Å². The van der Waals surface area contributed by atoms with Gasteiger partial charge in [0, 0.05) is 6.54 Å². The second-order valence-electron chi connectivity index (χ2n) is 2.63. The second-order valence-corrected chi connectivity index (χ2v) is 2.63. The molecule has 0 saturated heterocycles. The van der Waals surface area contributed by atoms with Gasteiger partial charge in [-0.3, -0.25) is 0 Å². The maximum Gasteiger partial charge on any atom is 0.0806 e. The van der Waals surface area contributed by atoms with Gasteiger partial charge in [-0.2, -0.15) is 0 Å². The number of likely N-dealkylation sites (N-methyl/N-ethyl adjacent to an activating group) is 1. The molecule has 68 valence electrons. The molecule has 0 atom stereocenters. The van der Waals surface area contributed by atoms with Crippen molar-refractivity contribution in [2.24, 2.45) is 5.90 Å². The third-order valence-corrected chi connectivity index (χ3v) is 1.56. The lowest BCUT2D eigenvalue weighted by atomic mass is 10.4. The van der Waals surface area contributed by atoms with E-state index in [-0.39, 0.29) is 0 Å². The summed E-state index contributed by atoms with van der Waals surface area (Å²) in [6.07, 6.45) is 1.16. The van der Waals surface area contributed by atoms with E-state index in [2.05, 4.69) is 22.1 Å². The first-order valence-corrected chi connectivity index (χ1v) is 3.96. The Labute approximate surface area is 68.6 Å². The lowest BCUT2D eigenvalue weighted by Gasteiger charge is -2.14. The lowest BCUT2D eigenvalue weighted by Crippen LogP contribution is -2.27. The summed E-state index contributed by atoms with van der Waals surface area (Å²) < 4.78 is 0. The average molecular weight is 161 g/mol. The standard InChI is InChI=1S/C7H19N3O/c1-9-4-3-5-10(2)6-7-11-8/h9H,3-8H2,1-2H3. The van der Waals surface area contributed by atoms with Gasteiger partial charge in [0.25, 0.3) is 0 Å². The molecule has 0 heterocycles. The molecule has 0 unspecified atom stereocenters. The van der Waals surface area contributed by atoms with Gasteiger partial charge in [-0.1, -0.05) is 0 Å². The van der Waals surface area contributed by atoms with E-state index >= 15 is 0 Å². The molecular weight excluding hydrogens is 142 g/mol. The van der Waals surface area contributed by atoms with Crippen molar-refractivity contribution < 1.29 is 4.84 Å². The summed E-state index contributed by atoms with van der Waals surface area (Å²) in [7, 11) is 4.03. The summed E-state index contributed by atoms with van der Waals surface area (Å²) >= 11 is 0. The van der Waals surface area contributed by atoms with Crippen molar-refractivity contribution in [3.63, 3.8) is 0 Å². The molecule has 0 fully saturated rings. The Morgan fingerprint density at radius 1 is 1.45 bits per heavy atom. The normalized spacial score (nSPS) is 10.9. The zero-order valence-electron chi connectivity index (χ0n) is 7.47. The van der Waals surface area contributed by atoms with Crippen molar-refractivity contribution in [1.82, 2.24) is 10.2 Å². The summed E-state index contributed by atoms with van der Waals surface area (Å²) in [5.74, 6) is 4.89. The molecule has 4 nitrogen and oxygen atoms in total. The molecule has 0 aliphatic heterocycles. The van der Waals surface area contributed by atoms with Crippen LogP contribution in [0.4, 0.5) is 0 Å². The number of nitrogens with one attached hydrogen (secondary N) is 1. The molecular formula is C7H19N3O. The molecule has 0 aromatic rings. The van der Waals surface area contributed by atoms with E-state index in [0.29, 0.717) is 6.61 Å². The zero-order chi connectivity index (χ0) is 8.53. The van der Waals surface area contributed by atoms with Gasteiger partial charge in [0.1, 0.15) is 0 Å². The molecule has 0 aliphatic carbocycles. The Morgan fingerprint density at radius 3 is 2.73 bits per heavy atom. The molecule has 0 aromatic heterocycles. The predicted octanol–water partition coefficient (Wildman–Crippen LogP) is -0.582. The summed E-state index contributed by atoms with van der Waals surface area (Å²) in [6.45, 7) is 3.66. The minimum atomic E-state index is 0.607. The van der Waals surface area contributed by atoms with Crippen molar-refractivity contribution in [3.05, 3.63) is 0 Å². The van der Waals surface area contributed by atoms with Crippen molar-refractivity contribution in [2.75, 3.05) is 40.3 Å². The Morgan fingerprint density at radius 2 is 2.18 bits per heavy atom. The maximum absolute atomic E-state index is 4.89. The highest BCUT2D eigenvalue weighted by Gasteiger charge is 1.95. The van der Waals surface area contributed by atoms with Crippen LogP contribution in [-0.4, -0.2) is 45.2 Å². The van der Waals surface area contributed by atoms with E-state index in [4.69, 9.17) is 5.90 Å². The minimum Gasteiger partial charge on any atom is -0.320 e. The van der Waals surface area contributed by atoms with Crippen LogP contribution in [0.25, 0.3) is 0 Å². The Hall–Kier alpha value is -0.160. The van der Waals surface area contributed by atoms with Crippen LogP contribution in [0.5, 0.6) is 0 Å². The fraction of sp³-hybridized carbons (Fsp3) is 1.00. The van der Waals surface area contributed by atoms with Crippen LogP contribution >= 0.6 is 0 Å². The molecule has 0 bridgehead atoms. The number of nitrogens with zero attached hydrogens (tertiary/aromatic N) is 1. The highest BCUT2D eigenvalue weighted by molar-refractivity contribution is 4.51. The van der Waals surface area contributed by atoms with Gasteiger partial charge in [-0.25, -0.2) is 5.90 Å². The van der Waals surface area contributed by atoms with Crippen molar-refractivity contribution >= 4 is 0 Å². The van der Waals surface area contributed by atoms with Crippen LogP contribution in [0.15, 0.2) is 0 Å². The van der Waals surface area contributed by atoms with Crippen LogP contribution in [-0.2, 0) is 4.84 Å². The van der Waals surface area contributed by atoms with Crippen LogP contribution < -0.4 is 11.2 Å². The number of hydrogen-bond donors (Lipinski definition) is 2. The van der Waals surface area contributed by atoms with Gasteiger partial charge >= 0.3 is 0 Å². The molecule has 4 heteroatoms. The molecule has 0 aliphatic rings. The molecule has 0 radical (unpaired) electrons. The first-order chi connectivity index (χ1) is 5.31. The molecule has 0 saturated carbocycles. The topological polar surface area (TPSA) is 50.5 Å². The predicted molar refractivity (Wildman–Crippen MR) is 46.2 cm³/mol. The number of hydrogen-bond acceptors (Lipinski definition) is 4. The highest BCUT2D eigenvalue weighted by atomic mass is 16.6. The van der Waals surface area contributed by atoms with Crippen molar-refractivity contribution in [1.29, 1.82) is 0 Å². The van der Waals surface area contributed by atoms with Crippen LogP contribution in [0.1, 0.15) is 6.42 Å². The van der Waals surface area contributed by atoms with E-state index < -0.39 is 0 Å². The quantitative estimate of drug-likeness (QED) is 0.387. The monoisotopic (exact) mass is 161 g/mol. The Balaban J connectivity index is 3.02. The first kappa shape index (κ1) is 10.8. The van der Waals surface area contributed by atoms with Crippen LogP contribution in [0, 0.1) is 0 Å². The molecule has 0 rings (SSSR count). The molecule has 11 heavy (non-hydrogen) atoms. The largest absolute Gasteiger partial charge is 0.320 e. The highest BCUT2D eigenvalue weighted by Crippen LogP contribution is 1.84. The summed E-state index contributed by atoms with van der Waals surface area (Å²) in [5.41, 5.74) is 0. The maximum atomic E-state index is 4.89. The van der Waals surface area contributed by atoms with Crippen LogP contribution in [0.2, 0.25) is 0 Å². The second kappa shape index (κ2) is 7.94. The summed E-state index contributed by atoms with van der Waals surface area (Å²) in [5, 5.41) is 3.10. The first-order valence-electron chi connectivity index (χ1n) is 3.96. The van der Waals surface area contributed by atoms with Gasteiger partial charge in [-0.15, -0.1) is 0 Å². The average Bonchev–Trinajstić information content (AvgIpc) is 2.01. The van der Waals surface area contributed by atoms with Crippen LogP contribution in [0.3, 0.4) is 0 Å². The van der Waals surface area contributed by atoms with Crippen molar-refractivity contribution in [2.45, 2.75) is 6.42 Å². The Bertz CT molecular complexity index is 80.1. The van der Waals surface area contributed by atoms with E-state index in [1.54, 1.807) is 0 Å². The smallest absolute Gasteiger partial charge is 0.0806 e. The molecule has 3 N–H and O–H groups in total. The minimum absolute atomic E-state index is 0.607. The van der Waals surface area contributed by atoms with Gasteiger partial charge < -0.3 is 15.1 Å². The zero-order valence-corrected chi connectivity index (χ0v) is 7.47. The fourth-order valence-electron chi connectivity index (χ4n) is 0.846. The Kier molecular flexibility index (Phi) is 7.83. The number of rotatable bonds is 7. The third-order valence-electron chi connectivity index (χ3n) is 1.56. The molecule has 0 aromatic carbocycles. The fourth-order valence-corrected chi connectivity index (χ4v) is 0.846. The van der Waals surface area contributed by atoms with E-state index in [9.17, 15) is 0 Å². The third kappa shape index (κ3) is 7.74. The van der Waals surface area contributed by atoms with Gasteiger partial charge in [0.05, 0.1) is 6.61 Å². The van der Waals surface area contributed by atoms with E-state index in [0.717, 1.165) is 26.1 Å². The lowest BCUT2D eigenvalue weighted by molar-refractivity contribution is 0.113. The van der Waals surface area contributed by atoms with Crippen molar-refractivity contribution in [3.8, 4) is 0 Å². The van der Waals surface area contributed by atoms with Gasteiger partial charge in [-0.05, 0) is 33.6 Å². The molecule has 0 spiro atoms.